The number of phenols is 1. The molecule has 5 N–H and O–H groups in total. The molecule has 0 spiro atoms. The largest absolute Gasteiger partial charge is 0.507 e. The lowest BCUT2D eigenvalue weighted by molar-refractivity contribution is -0.153. The molecule has 0 aliphatic carbocycles. The lowest BCUT2D eigenvalue weighted by Gasteiger charge is -2.20. The van der Waals surface area contributed by atoms with Gasteiger partial charge in [0.2, 0.25) is 0 Å². The van der Waals surface area contributed by atoms with Crippen LogP contribution in [0, 0.1) is 0 Å². The van der Waals surface area contributed by atoms with Gasteiger partial charge in [0.15, 0.2) is 30.0 Å². The van der Waals surface area contributed by atoms with Crippen LogP contribution in [0.1, 0.15) is 87.7 Å². The van der Waals surface area contributed by atoms with E-state index in [1.165, 1.54) is 67.2 Å². The minimum atomic E-state index is -4.50. The number of nitrogens with two attached hydrogens (primary N) is 1. The molecule has 2 aromatic heterocycles. The molecule has 0 unspecified atom stereocenters. The summed E-state index contributed by atoms with van der Waals surface area (Å²) in [4.78, 5) is 37.3. The minimum Gasteiger partial charge on any atom is -0.507 e. The maximum Gasteiger partial charge on any atom is 0.306 e. The maximum absolute atomic E-state index is 16.0. The number of unbranched alkanes of at least 4 members (excludes halogenated alkanes) is 8. The summed E-state index contributed by atoms with van der Waals surface area (Å²) in [6.45, 7) is 1.62. The van der Waals surface area contributed by atoms with Crippen LogP contribution >= 0.6 is 0 Å². The normalized spacial score (nSPS) is 20.0. The van der Waals surface area contributed by atoms with Gasteiger partial charge in [0.05, 0.1) is 11.9 Å². The number of nitrogens with one attached hydrogen (secondary N) is 2. The van der Waals surface area contributed by atoms with E-state index in [4.69, 9.17) is 15.2 Å². The van der Waals surface area contributed by atoms with E-state index in [2.05, 4.69) is 26.6 Å². The second kappa shape index (κ2) is 15.9. The van der Waals surface area contributed by atoms with Gasteiger partial charge in [-0.3, -0.25) is 14.2 Å². The predicted octanol–water partition coefficient (Wildman–Crippen LogP) is 3.45. The number of hydrogen-bond donors (Lipinski definition) is 4. The van der Waals surface area contributed by atoms with Gasteiger partial charge in [0.1, 0.15) is 23.7 Å². The number of benzene rings is 1. The van der Waals surface area contributed by atoms with Crippen molar-refractivity contribution in [2.75, 3.05) is 12.3 Å². The van der Waals surface area contributed by atoms with Gasteiger partial charge in [0, 0.05) is 13.0 Å². The number of phenolic OH excluding ortho intramolecular Hbond substituents is 1. The molecule has 1 saturated heterocycles. The maximum atomic E-state index is 16.0. The number of nitrogen functional groups attached to an aromatic ring is 1. The van der Waals surface area contributed by atoms with Crippen LogP contribution in [0.15, 0.2) is 36.9 Å². The molecule has 1 aliphatic rings. The molecule has 16 heteroatoms. The number of carbonyl (C=O) groups is 2. The fourth-order valence-electron chi connectivity index (χ4n) is 5.14. The SMILES string of the molecule is CCCCCCCCCCCC(=O)O[C@H]1[C@@H](F)[C@H](n2cnc3c(N)ncnc32)O[C@@H]1CNS(=O)(=O)NC(=O)c1ccccc1O. The molecular formula is C29H40FN7O7S. The van der Waals surface area contributed by atoms with E-state index in [0.29, 0.717) is 6.42 Å². The Kier molecular flexibility index (Phi) is 12.0. The van der Waals surface area contributed by atoms with E-state index >= 15 is 4.39 Å². The van der Waals surface area contributed by atoms with E-state index < -0.39 is 59.0 Å². The zero-order valence-electron chi connectivity index (χ0n) is 25.1. The standard InChI is InChI=1S/C29H40FN7O7S/c1-2-3-4-5-6-7-8-9-10-15-22(39)44-25-21(16-35-45(41,42)36-28(40)19-13-11-12-14-20(19)38)43-29(23(25)30)37-18-34-24-26(31)32-17-33-27(24)37/h11-14,17-18,21,23,25,29,35,38H,2-10,15-16H2,1H3,(H,36,40)(H2,31,32,33)/t21-,23-,25-,29-/m1/s1. The number of ether oxygens (including phenoxy) is 2. The summed E-state index contributed by atoms with van der Waals surface area (Å²) in [5, 5.41) is 9.87. The van der Waals surface area contributed by atoms with Gasteiger partial charge < -0.3 is 20.3 Å². The highest BCUT2D eigenvalue weighted by molar-refractivity contribution is 7.88. The second-order valence-corrected chi connectivity index (χ2v) is 12.4. The zero-order chi connectivity index (χ0) is 32.4. The van der Waals surface area contributed by atoms with E-state index in [9.17, 15) is 23.1 Å². The van der Waals surface area contributed by atoms with Crippen LogP contribution < -0.4 is 15.2 Å². The zero-order valence-corrected chi connectivity index (χ0v) is 25.9. The molecule has 0 bridgehead atoms. The van der Waals surface area contributed by atoms with E-state index in [0.717, 1.165) is 25.7 Å². The Morgan fingerprint density at radius 2 is 1.76 bits per heavy atom. The molecule has 45 heavy (non-hydrogen) atoms. The summed E-state index contributed by atoms with van der Waals surface area (Å²) in [7, 11) is -4.50. The average molecular weight is 650 g/mol. The summed E-state index contributed by atoms with van der Waals surface area (Å²) in [6.07, 6.45) is 5.87. The van der Waals surface area contributed by atoms with Gasteiger partial charge in [-0.25, -0.2) is 24.1 Å². The molecule has 4 rings (SSSR count). The molecule has 0 saturated carbocycles. The van der Waals surface area contributed by atoms with E-state index in [1.54, 1.807) is 4.72 Å². The highest BCUT2D eigenvalue weighted by Crippen LogP contribution is 2.36. The number of hydrogen-bond acceptors (Lipinski definition) is 11. The monoisotopic (exact) mass is 649 g/mol. The van der Waals surface area contributed by atoms with Gasteiger partial charge in [-0.2, -0.15) is 13.1 Å². The molecule has 1 amide bonds. The van der Waals surface area contributed by atoms with E-state index in [-0.39, 0.29) is 29.0 Å². The molecule has 1 aliphatic heterocycles. The number of halogens is 1. The number of para-hydroxylation sites is 1. The molecule has 4 atom stereocenters. The van der Waals surface area contributed by atoms with Gasteiger partial charge in [-0.15, -0.1) is 0 Å². The topological polar surface area (TPSA) is 201 Å². The number of carbonyl (C=O) groups excluding carboxylic acids is 2. The van der Waals surface area contributed by atoms with Crippen LogP contribution in [-0.2, 0) is 24.5 Å². The minimum absolute atomic E-state index is 0.0660. The summed E-state index contributed by atoms with van der Waals surface area (Å²) < 4.78 is 57.9. The predicted molar refractivity (Wildman–Crippen MR) is 163 cm³/mol. The molecule has 1 fully saturated rings. The number of nitrogens with zero attached hydrogens (tertiary/aromatic N) is 4. The van der Waals surface area contributed by atoms with Crippen LogP contribution in [0.5, 0.6) is 5.75 Å². The Morgan fingerprint density at radius 3 is 2.47 bits per heavy atom. The van der Waals surface area contributed by atoms with Crippen LogP contribution in [0.2, 0.25) is 0 Å². The highest BCUT2D eigenvalue weighted by Gasteiger charge is 2.49. The third-order valence-electron chi connectivity index (χ3n) is 7.53. The van der Waals surface area contributed by atoms with Crippen LogP contribution in [0.25, 0.3) is 11.2 Å². The Balaban J connectivity index is 1.40. The molecule has 0 radical (unpaired) electrons. The van der Waals surface area contributed by atoms with Crippen molar-refractivity contribution in [3.05, 3.63) is 42.5 Å². The Bertz CT molecular complexity index is 1550. The molecule has 3 heterocycles. The van der Waals surface area contributed by atoms with Crippen molar-refractivity contribution in [2.45, 2.75) is 95.7 Å². The number of fused-ring (bicyclic) bond motifs is 1. The van der Waals surface area contributed by atoms with Crippen molar-refractivity contribution < 1.29 is 37.0 Å². The lowest BCUT2D eigenvalue weighted by Crippen LogP contribution is -2.46. The van der Waals surface area contributed by atoms with Crippen molar-refractivity contribution in [1.29, 1.82) is 0 Å². The summed E-state index contributed by atoms with van der Waals surface area (Å²) in [5.74, 6) is -2.07. The third kappa shape index (κ3) is 9.08. The average Bonchev–Trinajstić information content (AvgIpc) is 3.56. The van der Waals surface area contributed by atoms with Crippen LogP contribution in [-0.4, -0.2) is 69.8 Å². The van der Waals surface area contributed by atoms with Gasteiger partial charge in [0.25, 0.3) is 5.91 Å². The summed E-state index contributed by atoms with van der Waals surface area (Å²) in [6, 6.07) is 5.40. The van der Waals surface area contributed by atoms with Crippen molar-refractivity contribution in [1.82, 2.24) is 29.0 Å². The fourth-order valence-corrected chi connectivity index (χ4v) is 5.95. The Hall–Kier alpha value is -3.89. The number of aromatic nitrogens is 4. The second-order valence-electron chi connectivity index (χ2n) is 10.9. The smallest absolute Gasteiger partial charge is 0.306 e. The number of alkyl halides is 1. The first-order chi connectivity index (χ1) is 21.6. The van der Waals surface area contributed by atoms with Gasteiger partial charge in [-0.05, 0) is 18.6 Å². The first kappa shape index (κ1) is 34.0. The third-order valence-corrected chi connectivity index (χ3v) is 8.53. The summed E-state index contributed by atoms with van der Waals surface area (Å²) >= 11 is 0. The van der Waals surface area contributed by atoms with Crippen molar-refractivity contribution in [3.63, 3.8) is 0 Å². The van der Waals surface area contributed by atoms with Crippen molar-refractivity contribution in [3.8, 4) is 5.75 Å². The summed E-state index contributed by atoms with van der Waals surface area (Å²) in [5.41, 5.74) is 5.98. The quantitative estimate of drug-likeness (QED) is 0.123. The Labute approximate surface area is 261 Å². The first-order valence-corrected chi connectivity index (χ1v) is 16.6. The number of anilines is 1. The molecule has 246 valence electrons. The highest BCUT2D eigenvalue weighted by atomic mass is 32.2. The first-order valence-electron chi connectivity index (χ1n) is 15.1. The number of amides is 1. The number of esters is 1. The van der Waals surface area contributed by atoms with Crippen LogP contribution in [0.3, 0.4) is 0 Å². The number of aromatic hydroxyl groups is 1. The van der Waals surface area contributed by atoms with E-state index in [1.807, 2.05) is 0 Å². The van der Waals surface area contributed by atoms with Gasteiger partial charge in [-0.1, -0.05) is 70.4 Å². The molecule has 3 aromatic rings. The molecule has 14 nitrogen and oxygen atoms in total. The van der Waals surface area contributed by atoms with Gasteiger partial charge >= 0.3 is 16.2 Å². The number of rotatable bonds is 17. The van der Waals surface area contributed by atoms with Crippen LogP contribution in [0.4, 0.5) is 10.2 Å². The lowest BCUT2D eigenvalue weighted by atomic mass is 10.1. The molecular weight excluding hydrogens is 609 g/mol. The van der Waals surface area contributed by atoms with Crippen molar-refractivity contribution in [2.24, 2.45) is 0 Å². The Morgan fingerprint density at radius 1 is 1.07 bits per heavy atom. The molecule has 1 aromatic carbocycles. The fraction of sp³-hybridized carbons (Fsp3) is 0.552. The number of imidazole rings is 1. The van der Waals surface area contributed by atoms with Crippen molar-refractivity contribution >= 4 is 39.1 Å².